The molecule has 0 bridgehead atoms. The first kappa shape index (κ1) is 11.7. The normalized spacial score (nSPS) is 10.1. The number of aromatic nitrogens is 1. The van der Waals surface area contributed by atoms with Gasteiger partial charge in [0.1, 0.15) is 16.5 Å². The number of ether oxygens (including phenoxy) is 1. The van der Waals surface area contributed by atoms with Crippen LogP contribution in [0.15, 0.2) is 6.07 Å². The molecule has 80 valence electrons. The third kappa shape index (κ3) is 2.54. The summed E-state index contributed by atoms with van der Waals surface area (Å²) in [4.78, 5) is 3.59. The standard InChI is InChI=1S/C9H7ClF2N2O/c1-15-7-4-6(9(11)12)14-5(2-3-13)8(7)10/h4,9H,2H2,1H3. The Kier molecular flexibility index (Phi) is 3.81. The van der Waals surface area contributed by atoms with Crippen LogP contribution in [0, 0.1) is 11.3 Å². The van der Waals surface area contributed by atoms with E-state index in [4.69, 9.17) is 21.6 Å². The van der Waals surface area contributed by atoms with Crippen LogP contribution in [0.3, 0.4) is 0 Å². The van der Waals surface area contributed by atoms with Crippen molar-refractivity contribution in [2.24, 2.45) is 0 Å². The van der Waals surface area contributed by atoms with Crippen LogP contribution in [0.5, 0.6) is 5.75 Å². The summed E-state index contributed by atoms with van der Waals surface area (Å²) >= 11 is 5.78. The molecule has 0 spiro atoms. The van der Waals surface area contributed by atoms with Gasteiger partial charge in [-0.1, -0.05) is 11.6 Å². The average molecular weight is 233 g/mol. The molecular formula is C9H7ClF2N2O. The van der Waals surface area contributed by atoms with E-state index in [0.29, 0.717) is 0 Å². The summed E-state index contributed by atoms with van der Waals surface area (Å²) in [5.74, 6) is 0.104. The van der Waals surface area contributed by atoms with Crippen LogP contribution in [0.2, 0.25) is 5.02 Å². The number of hydrogen-bond donors (Lipinski definition) is 0. The van der Waals surface area contributed by atoms with E-state index in [1.807, 2.05) is 0 Å². The van der Waals surface area contributed by atoms with Crippen molar-refractivity contribution in [2.75, 3.05) is 7.11 Å². The van der Waals surface area contributed by atoms with E-state index in [-0.39, 0.29) is 22.9 Å². The average Bonchev–Trinajstić information content (AvgIpc) is 2.21. The molecule has 0 saturated carbocycles. The highest BCUT2D eigenvalue weighted by atomic mass is 35.5. The fourth-order valence-electron chi connectivity index (χ4n) is 1.03. The van der Waals surface area contributed by atoms with Gasteiger partial charge in [-0.3, -0.25) is 0 Å². The smallest absolute Gasteiger partial charge is 0.280 e. The van der Waals surface area contributed by atoms with Crippen LogP contribution in [-0.2, 0) is 6.42 Å². The summed E-state index contributed by atoms with van der Waals surface area (Å²) in [5.41, 5.74) is -0.338. The van der Waals surface area contributed by atoms with E-state index >= 15 is 0 Å². The molecule has 0 amide bonds. The highest BCUT2D eigenvalue weighted by molar-refractivity contribution is 6.32. The molecule has 0 N–H and O–H groups in total. The Morgan fingerprint density at radius 1 is 1.67 bits per heavy atom. The van der Waals surface area contributed by atoms with Gasteiger partial charge in [0.2, 0.25) is 0 Å². The predicted octanol–water partition coefficient (Wildman–Crippen LogP) is 2.75. The highest BCUT2D eigenvalue weighted by Crippen LogP contribution is 2.31. The quantitative estimate of drug-likeness (QED) is 0.805. The molecule has 1 rings (SSSR count). The van der Waals surface area contributed by atoms with Gasteiger partial charge >= 0.3 is 0 Å². The maximum absolute atomic E-state index is 12.4. The van der Waals surface area contributed by atoms with Crippen molar-refractivity contribution in [3.05, 3.63) is 22.5 Å². The van der Waals surface area contributed by atoms with E-state index in [2.05, 4.69) is 4.98 Å². The van der Waals surface area contributed by atoms with Gasteiger partial charge in [-0.15, -0.1) is 0 Å². The number of nitriles is 1. The Morgan fingerprint density at radius 2 is 2.33 bits per heavy atom. The fourth-order valence-corrected chi connectivity index (χ4v) is 1.27. The molecular weight excluding hydrogens is 226 g/mol. The molecule has 1 aromatic rings. The van der Waals surface area contributed by atoms with E-state index < -0.39 is 12.1 Å². The molecule has 0 radical (unpaired) electrons. The Hall–Kier alpha value is -1.41. The van der Waals surface area contributed by atoms with Gasteiger partial charge in [-0.05, 0) is 0 Å². The second-order valence-electron chi connectivity index (χ2n) is 2.65. The van der Waals surface area contributed by atoms with E-state index in [9.17, 15) is 8.78 Å². The molecule has 1 aromatic heterocycles. The van der Waals surface area contributed by atoms with Crippen molar-refractivity contribution in [1.82, 2.24) is 4.98 Å². The first-order chi connectivity index (χ1) is 7.10. The minimum atomic E-state index is -2.71. The Labute approximate surface area is 90.3 Å². The molecule has 0 aromatic carbocycles. The van der Waals surface area contributed by atoms with E-state index in [1.54, 1.807) is 6.07 Å². The summed E-state index contributed by atoms with van der Waals surface area (Å²) < 4.78 is 29.6. The van der Waals surface area contributed by atoms with E-state index in [0.717, 1.165) is 6.07 Å². The van der Waals surface area contributed by atoms with E-state index in [1.165, 1.54) is 7.11 Å². The van der Waals surface area contributed by atoms with Gasteiger partial charge in [0.15, 0.2) is 0 Å². The second kappa shape index (κ2) is 4.89. The van der Waals surface area contributed by atoms with Gasteiger partial charge in [0.05, 0.1) is 25.3 Å². The molecule has 15 heavy (non-hydrogen) atoms. The monoisotopic (exact) mass is 232 g/mol. The SMILES string of the molecule is COc1cc(C(F)F)nc(CC#N)c1Cl. The zero-order valence-corrected chi connectivity index (χ0v) is 8.55. The third-order valence-corrected chi connectivity index (χ3v) is 2.11. The molecule has 0 unspecified atom stereocenters. The predicted molar refractivity (Wildman–Crippen MR) is 50.1 cm³/mol. The maximum atomic E-state index is 12.4. The van der Waals surface area contributed by atoms with Crippen LogP contribution < -0.4 is 4.74 Å². The minimum Gasteiger partial charge on any atom is -0.495 e. The van der Waals surface area contributed by atoms with Crippen LogP contribution in [0.4, 0.5) is 8.78 Å². The molecule has 0 aliphatic rings. The first-order valence-corrected chi connectivity index (χ1v) is 4.36. The molecule has 0 aliphatic carbocycles. The summed E-state index contributed by atoms with van der Waals surface area (Å²) in [6.45, 7) is 0. The summed E-state index contributed by atoms with van der Waals surface area (Å²) in [5, 5.41) is 8.56. The molecule has 0 atom stereocenters. The number of rotatable bonds is 3. The van der Waals surface area contributed by atoms with Gasteiger partial charge in [0, 0.05) is 6.07 Å². The number of hydrogen-bond acceptors (Lipinski definition) is 3. The largest absolute Gasteiger partial charge is 0.495 e. The topological polar surface area (TPSA) is 45.9 Å². The molecule has 6 heteroatoms. The lowest BCUT2D eigenvalue weighted by atomic mass is 10.2. The fraction of sp³-hybridized carbons (Fsp3) is 0.333. The number of methoxy groups -OCH3 is 1. The van der Waals surface area contributed by atoms with Crippen LogP contribution in [0.25, 0.3) is 0 Å². The first-order valence-electron chi connectivity index (χ1n) is 3.98. The van der Waals surface area contributed by atoms with Gasteiger partial charge in [-0.2, -0.15) is 5.26 Å². The van der Waals surface area contributed by atoms with Gasteiger partial charge in [-0.25, -0.2) is 13.8 Å². The lowest BCUT2D eigenvalue weighted by Crippen LogP contribution is -1.99. The maximum Gasteiger partial charge on any atom is 0.280 e. The van der Waals surface area contributed by atoms with Crippen molar-refractivity contribution in [3.63, 3.8) is 0 Å². The highest BCUT2D eigenvalue weighted by Gasteiger charge is 2.16. The number of pyridine rings is 1. The summed E-state index contributed by atoms with van der Waals surface area (Å²) in [6.07, 6.45) is -2.84. The van der Waals surface area contributed by atoms with Crippen LogP contribution in [-0.4, -0.2) is 12.1 Å². The van der Waals surface area contributed by atoms with Crippen molar-refractivity contribution in [1.29, 1.82) is 5.26 Å². The lowest BCUT2D eigenvalue weighted by molar-refractivity contribution is 0.145. The van der Waals surface area contributed by atoms with Crippen LogP contribution >= 0.6 is 11.6 Å². The lowest BCUT2D eigenvalue weighted by Gasteiger charge is -2.08. The van der Waals surface area contributed by atoms with Crippen molar-refractivity contribution in [2.45, 2.75) is 12.8 Å². The second-order valence-corrected chi connectivity index (χ2v) is 3.02. The number of halogens is 3. The molecule has 1 heterocycles. The Balaban J connectivity index is 3.26. The molecule has 0 fully saturated rings. The van der Waals surface area contributed by atoms with Gasteiger partial charge in [0.25, 0.3) is 6.43 Å². The summed E-state index contributed by atoms with van der Waals surface area (Å²) in [7, 11) is 1.31. The summed E-state index contributed by atoms with van der Waals surface area (Å²) in [6, 6.07) is 2.86. The Bertz CT molecular complexity index is 404. The zero-order chi connectivity index (χ0) is 11.4. The van der Waals surface area contributed by atoms with Crippen molar-refractivity contribution in [3.8, 4) is 11.8 Å². The number of alkyl halides is 2. The number of nitrogens with zero attached hydrogens (tertiary/aromatic N) is 2. The van der Waals surface area contributed by atoms with Crippen molar-refractivity contribution >= 4 is 11.6 Å². The van der Waals surface area contributed by atoms with Crippen molar-refractivity contribution < 1.29 is 13.5 Å². The van der Waals surface area contributed by atoms with Gasteiger partial charge < -0.3 is 4.74 Å². The van der Waals surface area contributed by atoms with Crippen LogP contribution in [0.1, 0.15) is 17.8 Å². The zero-order valence-electron chi connectivity index (χ0n) is 7.80. The Morgan fingerprint density at radius 3 is 2.80 bits per heavy atom. The minimum absolute atomic E-state index is 0.100. The molecule has 0 saturated heterocycles. The molecule has 0 aliphatic heterocycles. The third-order valence-electron chi connectivity index (χ3n) is 1.70. The molecule has 3 nitrogen and oxygen atoms in total.